The van der Waals surface area contributed by atoms with Gasteiger partial charge in [-0.1, -0.05) is 23.7 Å². The van der Waals surface area contributed by atoms with Gasteiger partial charge in [0, 0.05) is 52.8 Å². The normalized spacial score (nSPS) is 20.5. The molecule has 148 valence electrons. The Balaban J connectivity index is 1.34. The van der Waals surface area contributed by atoms with E-state index in [4.69, 9.17) is 11.6 Å². The second kappa shape index (κ2) is 8.76. The van der Waals surface area contributed by atoms with Crippen LogP contribution in [0, 0.1) is 0 Å². The number of amides is 3. The first-order valence-corrected chi connectivity index (χ1v) is 11.7. The molecule has 4 rings (SSSR count). The molecule has 0 radical (unpaired) electrons. The van der Waals surface area contributed by atoms with Crippen molar-refractivity contribution in [1.82, 2.24) is 9.80 Å². The van der Waals surface area contributed by atoms with E-state index >= 15 is 0 Å². The summed E-state index contributed by atoms with van der Waals surface area (Å²) in [5, 5.41) is 3.17. The lowest BCUT2D eigenvalue weighted by molar-refractivity contribution is -0.131. The zero-order chi connectivity index (χ0) is 19.5. The van der Waals surface area contributed by atoms with Crippen molar-refractivity contribution in [2.45, 2.75) is 11.7 Å². The van der Waals surface area contributed by atoms with Gasteiger partial charge in [-0.15, -0.1) is 11.3 Å². The number of benzene rings is 1. The predicted octanol–water partition coefficient (Wildman–Crippen LogP) is 4.35. The summed E-state index contributed by atoms with van der Waals surface area (Å²) >= 11 is 9.75. The second-order valence-corrected chi connectivity index (χ2v) is 9.61. The highest BCUT2D eigenvalue weighted by molar-refractivity contribution is 7.99. The molecule has 3 amide bonds. The molecule has 1 atom stereocenters. The first-order valence-electron chi connectivity index (χ1n) is 9.36. The van der Waals surface area contributed by atoms with Gasteiger partial charge in [0.2, 0.25) is 5.91 Å². The van der Waals surface area contributed by atoms with Crippen LogP contribution in [0.2, 0.25) is 5.02 Å². The summed E-state index contributed by atoms with van der Waals surface area (Å²) in [6, 6.07) is 11.4. The van der Waals surface area contributed by atoms with Crippen molar-refractivity contribution in [3.63, 3.8) is 0 Å². The van der Waals surface area contributed by atoms with Crippen molar-refractivity contribution in [3.05, 3.63) is 51.7 Å². The maximum absolute atomic E-state index is 12.8. The highest BCUT2D eigenvalue weighted by Crippen LogP contribution is 2.36. The molecule has 1 aromatic carbocycles. The molecule has 0 aliphatic carbocycles. The third-order valence-corrected chi connectivity index (χ3v) is 7.78. The van der Waals surface area contributed by atoms with E-state index in [0.29, 0.717) is 23.4 Å². The number of hydrogen-bond acceptors (Lipinski definition) is 4. The lowest BCUT2D eigenvalue weighted by Crippen LogP contribution is -2.43. The Morgan fingerprint density at radius 1 is 1.14 bits per heavy atom. The minimum Gasteiger partial charge on any atom is -0.340 e. The van der Waals surface area contributed by atoms with Gasteiger partial charge < -0.3 is 9.80 Å². The molecule has 1 unspecified atom stereocenters. The quantitative estimate of drug-likeness (QED) is 0.717. The van der Waals surface area contributed by atoms with Crippen molar-refractivity contribution in [1.29, 1.82) is 0 Å². The molecule has 3 heterocycles. The Morgan fingerprint density at radius 3 is 2.82 bits per heavy atom. The van der Waals surface area contributed by atoms with E-state index in [-0.39, 0.29) is 18.5 Å². The van der Waals surface area contributed by atoms with Gasteiger partial charge >= 0.3 is 6.03 Å². The van der Waals surface area contributed by atoms with Crippen LogP contribution in [-0.2, 0) is 4.79 Å². The Hall–Kier alpha value is -1.70. The SMILES string of the molecule is O=C(CN1CCN(c2cccc(Cl)c2)C1=O)N1CCSC(c2cccs2)CC1. The van der Waals surface area contributed by atoms with Crippen LogP contribution in [0.5, 0.6) is 0 Å². The van der Waals surface area contributed by atoms with E-state index in [9.17, 15) is 9.59 Å². The zero-order valence-corrected chi connectivity index (χ0v) is 17.8. The zero-order valence-electron chi connectivity index (χ0n) is 15.4. The van der Waals surface area contributed by atoms with Gasteiger partial charge in [0.15, 0.2) is 0 Å². The number of halogens is 1. The topological polar surface area (TPSA) is 43.9 Å². The van der Waals surface area contributed by atoms with Crippen LogP contribution in [0.1, 0.15) is 16.5 Å². The Kier molecular flexibility index (Phi) is 6.13. The molecule has 28 heavy (non-hydrogen) atoms. The Morgan fingerprint density at radius 2 is 2.04 bits per heavy atom. The van der Waals surface area contributed by atoms with Gasteiger partial charge in [-0.05, 0) is 36.1 Å². The molecule has 2 aromatic rings. The van der Waals surface area contributed by atoms with Gasteiger partial charge in [0.1, 0.15) is 6.54 Å². The fraction of sp³-hybridized carbons (Fsp3) is 0.400. The molecular formula is C20H22ClN3O2S2. The summed E-state index contributed by atoms with van der Waals surface area (Å²) in [7, 11) is 0. The number of carbonyl (C=O) groups excluding carboxylic acids is 2. The number of rotatable bonds is 4. The van der Waals surface area contributed by atoms with Gasteiger partial charge in [0.25, 0.3) is 0 Å². The van der Waals surface area contributed by atoms with E-state index in [1.54, 1.807) is 33.3 Å². The summed E-state index contributed by atoms with van der Waals surface area (Å²) in [6.45, 7) is 2.75. The van der Waals surface area contributed by atoms with Crippen molar-refractivity contribution >= 4 is 52.3 Å². The summed E-state index contributed by atoms with van der Waals surface area (Å²) in [4.78, 5) is 32.2. The molecule has 2 saturated heterocycles. The molecule has 2 aliphatic heterocycles. The number of carbonyl (C=O) groups is 2. The Labute approximate surface area is 178 Å². The maximum atomic E-state index is 12.8. The average molecular weight is 436 g/mol. The lowest BCUT2D eigenvalue weighted by atomic mass is 10.2. The third-order valence-electron chi connectivity index (χ3n) is 5.10. The van der Waals surface area contributed by atoms with Gasteiger partial charge in [-0.25, -0.2) is 4.79 Å². The van der Waals surface area contributed by atoms with Crippen LogP contribution in [-0.4, -0.2) is 60.2 Å². The maximum Gasteiger partial charge on any atom is 0.325 e. The highest BCUT2D eigenvalue weighted by Gasteiger charge is 2.32. The molecule has 5 nitrogen and oxygen atoms in total. The second-order valence-electron chi connectivity index (χ2n) is 6.88. The number of nitrogens with zero attached hydrogens (tertiary/aromatic N) is 3. The molecule has 1 aromatic heterocycles. The van der Waals surface area contributed by atoms with Gasteiger partial charge in [-0.2, -0.15) is 11.8 Å². The summed E-state index contributed by atoms with van der Waals surface area (Å²) in [5.74, 6) is 0.963. The van der Waals surface area contributed by atoms with Crippen LogP contribution in [0.3, 0.4) is 0 Å². The van der Waals surface area contributed by atoms with Crippen LogP contribution in [0.4, 0.5) is 10.5 Å². The van der Waals surface area contributed by atoms with Crippen molar-refractivity contribution < 1.29 is 9.59 Å². The van der Waals surface area contributed by atoms with Crippen LogP contribution in [0.25, 0.3) is 0 Å². The summed E-state index contributed by atoms with van der Waals surface area (Å²) < 4.78 is 0. The first-order chi connectivity index (χ1) is 13.6. The molecule has 0 saturated carbocycles. The van der Waals surface area contributed by atoms with Crippen LogP contribution in [0.15, 0.2) is 41.8 Å². The summed E-state index contributed by atoms with van der Waals surface area (Å²) in [5.41, 5.74) is 0.775. The largest absolute Gasteiger partial charge is 0.340 e. The fourth-order valence-electron chi connectivity index (χ4n) is 3.60. The minimum absolute atomic E-state index is 0.0359. The molecule has 0 N–H and O–H groups in total. The van der Waals surface area contributed by atoms with E-state index in [1.807, 2.05) is 28.8 Å². The number of thiophene rings is 1. The average Bonchev–Trinajstić information content (AvgIpc) is 3.26. The van der Waals surface area contributed by atoms with Crippen LogP contribution >= 0.6 is 34.7 Å². The summed E-state index contributed by atoms with van der Waals surface area (Å²) in [6.07, 6.45) is 0.958. The molecule has 2 fully saturated rings. The third kappa shape index (κ3) is 4.31. The standard InChI is InChI=1S/C20H22ClN3O2S2/c21-15-3-1-4-16(13-15)24-9-8-23(20(24)26)14-19(25)22-7-6-18(28-12-10-22)17-5-2-11-27-17/h1-5,11,13,18H,6-10,12,14H2. The van der Waals surface area contributed by atoms with Crippen molar-refractivity contribution in [2.24, 2.45) is 0 Å². The Bertz CT molecular complexity index is 846. The smallest absolute Gasteiger partial charge is 0.325 e. The van der Waals surface area contributed by atoms with E-state index in [2.05, 4.69) is 17.5 Å². The van der Waals surface area contributed by atoms with Crippen LogP contribution < -0.4 is 4.90 Å². The van der Waals surface area contributed by atoms with E-state index < -0.39 is 0 Å². The minimum atomic E-state index is -0.128. The molecular weight excluding hydrogens is 414 g/mol. The lowest BCUT2D eigenvalue weighted by Gasteiger charge is -2.24. The fourth-order valence-corrected chi connectivity index (χ4v) is 6.02. The molecule has 2 aliphatic rings. The monoisotopic (exact) mass is 435 g/mol. The highest BCUT2D eigenvalue weighted by atomic mass is 35.5. The van der Waals surface area contributed by atoms with Gasteiger partial charge in [-0.3, -0.25) is 9.69 Å². The molecule has 0 bridgehead atoms. The number of thioether (sulfide) groups is 1. The predicted molar refractivity (Wildman–Crippen MR) is 116 cm³/mol. The number of hydrogen-bond donors (Lipinski definition) is 0. The van der Waals surface area contributed by atoms with Gasteiger partial charge in [0.05, 0.1) is 0 Å². The molecule has 8 heteroatoms. The number of anilines is 1. The van der Waals surface area contributed by atoms with E-state index in [1.165, 1.54) is 4.88 Å². The van der Waals surface area contributed by atoms with Crippen molar-refractivity contribution in [2.75, 3.05) is 43.4 Å². The first kappa shape index (κ1) is 19.6. The van der Waals surface area contributed by atoms with E-state index in [0.717, 1.165) is 31.0 Å². The molecule has 0 spiro atoms. The van der Waals surface area contributed by atoms with Crippen molar-refractivity contribution in [3.8, 4) is 0 Å². The number of urea groups is 1.